The number of non-ortho nitro benzene ring substituents is 1. The lowest BCUT2D eigenvalue weighted by Gasteiger charge is -2.25. The van der Waals surface area contributed by atoms with E-state index in [0.29, 0.717) is 30.4 Å². The lowest BCUT2D eigenvalue weighted by molar-refractivity contribution is -0.384. The summed E-state index contributed by atoms with van der Waals surface area (Å²) in [5, 5.41) is 14.0. The molecule has 0 bridgehead atoms. The number of anilines is 2. The molecule has 0 radical (unpaired) electrons. The topological polar surface area (TPSA) is 78.7 Å². The highest BCUT2D eigenvalue weighted by molar-refractivity contribution is 6.00. The Morgan fingerprint density at radius 1 is 1.30 bits per heavy atom. The van der Waals surface area contributed by atoms with Gasteiger partial charge >= 0.3 is 0 Å². The Hall–Kier alpha value is -3.09. The van der Waals surface area contributed by atoms with E-state index in [9.17, 15) is 14.9 Å². The molecule has 0 aromatic heterocycles. The van der Waals surface area contributed by atoms with Crippen molar-refractivity contribution in [2.24, 2.45) is 0 Å². The molecule has 0 saturated carbocycles. The Bertz CT molecular complexity index is 866. The monoisotopic (exact) mass is 368 g/mol. The summed E-state index contributed by atoms with van der Waals surface area (Å²) < 4.78 is 0. The fourth-order valence-corrected chi connectivity index (χ4v) is 3.56. The van der Waals surface area contributed by atoms with Gasteiger partial charge < -0.3 is 15.1 Å². The van der Waals surface area contributed by atoms with Crippen LogP contribution in [0.15, 0.2) is 42.5 Å². The Morgan fingerprint density at radius 2 is 2.04 bits per heavy atom. The molecule has 1 N–H and O–H groups in total. The van der Waals surface area contributed by atoms with Crippen LogP contribution in [0.3, 0.4) is 0 Å². The Morgan fingerprint density at radius 3 is 2.74 bits per heavy atom. The van der Waals surface area contributed by atoms with Gasteiger partial charge in [-0.3, -0.25) is 14.9 Å². The Balaban J connectivity index is 1.69. The summed E-state index contributed by atoms with van der Waals surface area (Å²) in [4.78, 5) is 27.3. The second-order valence-electron chi connectivity index (χ2n) is 6.98. The quantitative estimate of drug-likeness (QED) is 0.627. The van der Waals surface area contributed by atoms with Crippen LogP contribution in [-0.2, 0) is 6.42 Å². The van der Waals surface area contributed by atoms with E-state index in [1.54, 1.807) is 25.1 Å². The average Bonchev–Trinajstić information content (AvgIpc) is 2.96. The molecule has 142 valence electrons. The summed E-state index contributed by atoms with van der Waals surface area (Å²) in [6, 6.07) is 13.0. The van der Waals surface area contributed by atoms with Crippen LogP contribution in [0.1, 0.15) is 22.8 Å². The van der Waals surface area contributed by atoms with Gasteiger partial charge in [0.05, 0.1) is 10.5 Å². The van der Waals surface area contributed by atoms with Gasteiger partial charge in [0.1, 0.15) is 0 Å². The van der Waals surface area contributed by atoms with Gasteiger partial charge in [-0.05, 0) is 31.0 Å². The molecule has 2 aromatic rings. The third-order valence-electron chi connectivity index (χ3n) is 4.90. The number of rotatable bonds is 6. The van der Waals surface area contributed by atoms with Crippen molar-refractivity contribution in [1.29, 1.82) is 0 Å². The lowest BCUT2D eigenvalue weighted by atomic mass is 10.1. The Kier molecular flexibility index (Phi) is 5.30. The highest BCUT2D eigenvalue weighted by atomic mass is 16.6. The van der Waals surface area contributed by atoms with Crippen LogP contribution >= 0.6 is 0 Å². The number of nitro benzene ring substituents is 1. The summed E-state index contributed by atoms with van der Waals surface area (Å²) in [7, 11) is 3.61. The molecule has 1 atom stereocenters. The van der Waals surface area contributed by atoms with Gasteiger partial charge in [0.15, 0.2) is 0 Å². The van der Waals surface area contributed by atoms with E-state index >= 15 is 0 Å². The molecule has 0 spiro atoms. The molecule has 0 saturated heterocycles. The molecular weight excluding hydrogens is 344 g/mol. The summed E-state index contributed by atoms with van der Waals surface area (Å²) in [5.74, 6) is -0.303. The van der Waals surface area contributed by atoms with Gasteiger partial charge in [-0.15, -0.1) is 0 Å². The van der Waals surface area contributed by atoms with Crippen molar-refractivity contribution in [2.45, 2.75) is 19.4 Å². The zero-order valence-electron chi connectivity index (χ0n) is 15.8. The van der Waals surface area contributed by atoms with E-state index in [1.807, 2.05) is 12.1 Å². The summed E-state index contributed by atoms with van der Waals surface area (Å²) in [5.41, 5.74) is 3.41. The SMILES string of the molecule is CC1Cc2ccccc2N1CCNC(=O)c1cc([N+](=O)[O-])ccc1N(C)C. The molecular formula is C20H24N4O3. The van der Waals surface area contributed by atoms with Crippen LogP contribution in [0.5, 0.6) is 0 Å². The molecule has 7 heteroatoms. The number of carbonyl (C=O) groups excluding carboxylic acids is 1. The van der Waals surface area contributed by atoms with Gasteiger partial charge in [0, 0.05) is 56.7 Å². The molecule has 0 aliphatic carbocycles. The second kappa shape index (κ2) is 7.65. The predicted octanol–water partition coefficient (Wildman–Crippen LogP) is 2.84. The number of para-hydroxylation sites is 1. The summed E-state index contributed by atoms with van der Waals surface area (Å²) in [6.07, 6.45) is 1.000. The number of nitrogens with one attached hydrogen (secondary N) is 1. The summed E-state index contributed by atoms with van der Waals surface area (Å²) >= 11 is 0. The largest absolute Gasteiger partial charge is 0.377 e. The van der Waals surface area contributed by atoms with Gasteiger partial charge in [-0.1, -0.05) is 18.2 Å². The standard InChI is InChI=1S/C20H24N4O3/c1-14-12-15-6-4-5-7-18(15)23(14)11-10-21-20(25)17-13-16(24(26)27)8-9-19(17)22(2)3/h4-9,13-14H,10-12H2,1-3H3,(H,21,25). The zero-order valence-corrected chi connectivity index (χ0v) is 15.8. The predicted molar refractivity (Wildman–Crippen MR) is 107 cm³/mol. The smallest absolute Gasteiger partial charge is 0.270 e. The normalized spacial score (nSPS) is 15.4. The van der Waals surface area contributed by atoms with Crippen molar-refractivity contribution < 1.29 is 9.72 Å². The number of amides is 1. The van der Waals surface area contributed by atoms with Gasteiger partial charge in [-0.25, -0.2) is 0 Å². The first-order valence-electron chi connectivity index (χ1n) is 8.97. The van der Waals surface area contributed by atoms with Crippen molar-refractivity contribution in [1.82, 2.24) is 5.32 Å². The number of nitrogens with zero attached hydrogens (tertiary/aromatic N) is 3. The highest BCUT2D eigenvalue weighted by Crippen LogP contribution is 2.31. The molecule has 3 rings (SSSR count). The molecule has 27 heavy (non-hydrogen) atoms. The molecule has 1 amide bonds. The minimum absolute atomic E-state index is 0.0900. The van der Waals surface area contributed by atoms with Gasteiger partial charge in [0.25, 0.3) is 11.6 Å². The molecule has 7 nitrogen and oxygen atoms in total. The number of hydrogen-bond donors (Lipinski definition) is 1. The van der Waals surface area contributed by atoms with E-state index in [0.717, 1.165) is 6.42 Å². The van der Waals surface area contributed by atoms with E-state index in [1.165, 1.54) is 23.4 Å². The first kappa shape index (κ1) is 18.7. The third-order valence-corrected chi connectivity index (χ3v) is 4.90. The summed E-state index contributed by atoms with van der Waals surface area (Å²) in [6.45, 7) is 3.33. The lowest BCUT2D eigenvalue weighted by Crippen LogP contribution is -2.38. The average molecular weight is 368 g/mol. The Labute approximate surface area is 158 Å². The van der Waals surface area contributed by atoms with E-state index in [2.05, 4.69) is 29.3 Å². The fraction of sp³-hybridized carbons (Fsp3) is 0.350. The molecule has 1 aliphatic rings. The molecule has 2 aromatic carbocycles. The van der Waals surface area contributed by atoms with Crippen molar-refractivity contribution in [3.63, 3.8) is 0 Å². The minimum Gasteiger partial charge on any atom is -0.377 e. The third kappa shape index (κ3) is 3.86. The number of nitro groups is 1. The minimum atomic E-state index is -0.487. The fourth-order valence-electron chi connectivity index (χ4n) is 3.56. The van der Waals surface area contributed by atoms with Crippen molar-refractivity contribution >= 4 is 23.0 Å². The van der Waals surface area contributed by atoms with Gasteiger partial charge in [-0.2, -0.15) is 0 Å². The maximum atomic E-state index is 12.7. The van der Waals surface area contributed by atoms with Crippen LogP contribution in [0.4, 0.5) is 17.1 Å². The number of carbonyl (C=O) groups is 1. The maximum absolute atomic E-state index is 12.7. The van der Waals surface area contributed by atoms with E-state index in [-0.39, 0.29) is 11.6 Å². The molecule has 1 aliphatic heterocycles. The number of hydrogen-bond acceptors (Lipinski definition) is 5. The van der Waals surface area contributed by atoms with Crippen LogP contribution in [0, 0.1) is 10.1 Å². The maximum Gasteiger partial charge on any atom is 0.270 e. The van der Waals surface area contributed by atoms with E-state index < -0.39 is 4.92 Å². The number of benzene rings is 2. The van der Waals surface area contributed by atoms with E-state index in [4.69, 9.17) is 0 Å². The van der Waals surface area contributed by atoms with Crippen molar-refractivity contribution in [3.05, 3.63) is 63.7 Å². The first-order valence-corrected chi connectivity index (χ1v) is 8.97. The molecule has 1 unspecified atom stereocenters. The molecule has 1 heterocycles. The van der Waals surface area contributed by atoms with Crippen LogP contribution < -0.4 is 15.1 Å². The second-order valence-corrected chi connectivity index (χ2v) is 6.98. The highest BCUT2D eigenvalue weighted by Gasteiger charge is 2.25. The van der Waals surface area contributed by atoms with Crippen molar-refractivity contribution in [2.75, 3.05) is 37.0 Å². The zero-order chi connectivity index (χ0) is 19.6. The van der Waals surface area contributed by atoms with Crippen LogP contribution in [0.2, 0.25) is 0 Å². The first-order chi connectivity index (χ1) is 12.9. The number of fused-ring (bicyclic) bond motifs is 1. The molecule has 0 fully saturated rings. The van der Waals surface area contributed by atoms with Crippen LogP contribution in [0.25, 0.3) is 0 Å². The van der Waals surface area contributed by atoms with Crippen molar-refractivity contribution in [3.8, 4) is 0 Å². The van der Waals surface area contributed by atoms with Gasteiger partial charge in [0.2, 0.25) is 0 Å². The van der Waals surface area contributed by atoms with Crippen LogP contribution in [-0.4, -0.2) is 44.1 Å².